The minimum atomic E-state index is -0.156. The summed E-state index contributed by atoms with van der Waals surface area (Å²) < 4.78 is 0. The molecular formula is C16H19N5O. The molecule has 6 nitrogen and oxygen atoms in total. The van der Waals surface area contributed by atoms with Gasteiger partial charge in [-0.15, -0.1) is 0 Å². The predicted molar refractivity (Wildman–Crippen MR) is 86.6 cm³/mol. The lowest BCUT2D eigenvalue weighted by molar-refractivity contribution is 0.0945. The highest BCUT2D eigenvalue weighted by atomic mass is 16.2. The second kappa shape index (κ2) is 6.01. The van der Waals surface area contributed by atoms with Crippen LogP contribution < -0.4 is 15.5 Å². The Bertz CT molecular complexity index is 647. The molecular weight excluding hydrogens is 278 g/mol. The highest BCUT2D eigenvalue weighted by molar-refractivity contribution is 5.92. The Morgan fingerprint density at radius 1 is 1.14 bits per heavy atom. The number of nitrogens with one attached hydrogen (secondary N) is 2. The Labute approximate surface area is 129 Å². The molecule has 2 aromatic rings. The minimum Gasteiger partial charge on any atom is -0.378 e. The molecule has 1 fully saturated rings. The molecule has 0 saturated heterocycles. The van der Waals surface area contributed by atoms with Crippen molar-refractivity contribution in [3.05, 3.63) is 42.4 Å². The van der Waals surface area contributed by atoms with E-state index in [0.717, 1.165) is 24.2 Å². The van der Waals surface area contributed by atoms with Crippen molar-refractivity contribution in [2.24, 2.45) is 0 Å². The number of nitrogens with zero attached hydrogens (tertiary/aromatic N) is 3. The van der Waals surface area contributed by atoms with Crippen molar-refractivity contribution in [1.82, 2.24) is 15.3 Å². The van der Waals surface area contributed by atoms with Gasteiger partial charge in [0.15, 0.2) is 0 Å². The third-order valence-electron chi connectivity index (χ3n) is 3.45. The van der Waals surface area contributed by atoms with E-state index in [1.807, 2.05) is 43.3 Å². The van der Waals surface area contributed by atoms with Crippen molar-refractivity contribution in [3.63, 3.8) is 0 Å². The molecule has 114 valence electrons. The SMILES string of the molecule is CN(C)c1ccc(Nc2cnc(C(=O)NC3CC3)cn2)cc1. The monoisotopic (exact) mass is 297 g/mol. The first-order valence-corrected chi connectivity index (χ1v) is 7.29. The summed E-state index contributed by atoms with van der Waals surface area (Å²) in [6.07, 6.45) is 5.18. The van der Waals surface area contributed by atoms with Crippen LogP contribution in [0.3, 0.4) is 0 Å². The predicted octanol–water partition coefficient (Wildman–Crippen LogP) is 2.18. The summed E-state index contributed by atoms with van der Waals surface area (Å²) in [5.74, 6) is 0.456. The van der Waals surface area contributed by atoms with Crippen LogP contribution in [-0.4, -0.2) is 36.0 Å². The molecule has 0 bridgehead atoms. The molecule has 1 aliphatic carbocycles. The molecule has 1 aliphatic rings. The molecule has 1 saturated carbocycles. The molecule has 0 radical (unpaired) electrons. The van der Waals surface area contributed by atoms with Crippen LogP contribution in [0.5, 0.6) is 0 Å². The topological polar surface area (TPSA) is 70.2 Å². The van der Waals surface area contributed by atoms with Crippen molar-refractivity contribution in [3.8, 4) is 0 Å². The molecule has 6 heteroatoms. The average molecular weight is 297 g/mol. The maximum Gasteiger partial charge on any atom is 0.271 e. The highest BCUT2D eigenvalue weighted by Crippen LogP contribution is 2.20. The first kappa shape index (κ1) is 14.3. The second-order valence-corrected chi connectivity index (χ2v) is 5.60. The molecule has 3 rings (SSSR count). The molecule has 2 N–H and O–H groups in total. The Morgan fingerprint density at radius 2 is 1.86 bits per heavy atom. The van der Waals surface area contributed by atoms with Crippen LogP contribution in [-0.2, 0) is 0 Å². The molecule has 0 unspecified atom stereocenters. The van der Waals surface area contributed by atoms with E-state index in [1.54, 1.807) is 6.20 Å². The van der Waals surface area contributed by atoms with Gasteiger partial charge in [-0.2, -0.15) is 0 Å². The third kappa shape index (κ3) is 3.52. The summed E-state index contributed by atoms with van der Waals surface area (Å²) in [5, 5.41) is 6.06. The van der Waals surface area contributed by atoms with Gasteiger partial charge in [0.25, 0.3) is 5.91 Å². The fourth-order valence-electron chi connectivity index (χ4n) is 1.99. The van der Waals surface area contributed by atoms with Crippen molar-refractivity contribution in [1.29, 1.82) is 0 Å². The van der Waals surface area contributed by atoms with E-state index in [-0.39, 0.29) is 5.91 Å². The summed E-state index contributed by atoms with van der Waals surface area (Å²) in [6, 6.07) is 8.32. The van der Waals surface area contributed by atoms with Gasteiger partial charge in [0.1, 0.15) is 11.5 Å². The third-order valence-corrected chi connectivity index (χ3v) is 3.45. The first-order chi connectivity index (χ1) is 10.6. The Hall–Kier alpha value is -2.63. The van der Waals surface area contributed by atoms with Gasteiger partial charge in [0.2, 0.25) is 0 Å². The molecule has 1 heterocycles. The van der Waals surface area contributed by atoms with Crippen molar-refractivity contribution in [2.45, 2.75) is 18.9 Å². The summed E-state index contributed by atoms with van der Waals surface area (Å²) in [7, 11) is 4.00. The summed E-state index contributed by atoms with van der Waals surface area (Å²) in [5.41, 5.74) is 2.40. The average Bonchev–Trinajstić information content (AvgIpc) is 3.32. The highest BCUT2D eigenvalue weighted by Gasteiger charge is 2.24. The van der Waals surface area contributed by atoms with Gasteiger partial charge >= 0.3 is 0 Å². The number of amides is 1. The van der Waals surface area contributed by atoms with Gasteiger partial charge in [-0.05, 0) is 37.1 Å². The van der Waals surface area contributed by atoms with Crippen molar-refractivity contribution >= 4 is 23.1 Å². The van der Waals surface area contributed by atoms with E-state index in [4.69, 9.17) is 0 Å². The lowest BCUT2D eigenvalue weighted by Crippen LogP contribution is -2.26. The fraction of sp³-hybridized carbons (Fsp3) is 0.312. The molecule has 1 amide bonds. The van der Waals surface area contributed by atoms with Crippen molar-refractivity contribution in [2.75, 3.05) is 24.3 Å². The first-order valence-electron chi connectivity index (χ1n) is 7.29. The van der Waals surface area contributed by atoms with Gasteiger partial charge < -0.3 is 15.5 Å². The van der Waals surface area contributed by atoms with Gasteiger partial charge in [0.05, 0.1) is 12.4 Å². The summed E-state index contributed by atoms with van der Waals surface area (Å²) in [6.45, 7) is 0. The van der Waals surface area contributed by atoms with E-state index in [0.29, 0.717) is 17.6 Å². The number of hydrogen-bond donors (Lipinski definition) is 2. The number of anilines is 3. The molecule has 0 aliphatic heterocycles. The zero-order chi connectivity index (χ0) is 15.5. The Kier molecular flexibility index (Phi) is 3.91. The van der Waals surface area contributed by atoms with Gasteiger partial charge in [-0.1, -0.05) is 0 Å². The number of rotatable bonds is 5. The zero-order valence-electron chi connectivity index (χ0n) is 12.7. The quantitative estimate of drug-likeness (QED) is 0.885. The number of carbonyl (C=O) groups excluding carboxylic acids is 1. The number of hydrogen-bond acceptors (Lipinski definition) is 5. The van der Waals surface area contributed by atoms with E-state index in [9.17, 15) is 4.79 Å². The normalized spacial score (nSPS) is 13.5. The molecule has 22 heavy (non-hydrogen) atoms. The standard InChI is InChI=1S/C16H19N5O/c1-21(2)13-7-5-11(6-8-13)19-15-10-17-14(9-18-15)16(22)20-12-3-4-12/h5-10,12H,3-4H2,1-2H3,(H,18,19)(H,20,22). The molecule has 0 atom stereocenters. The van der Waals surface area contributed by atoms with Crippen LogP contribution >= 0.6 is 0 Å². The lowest BCUT2D eigenvalue weighted by atomic mass is 10.2. The van der Waals surface area contributed by atoms with E-state index in [1.165, 1.54) is 6.20 Å². The number of carbonyl (C=O) groups is 1. The largest absolute Gasteiger partial charge is 0.378 e. The van der Waals surface area contributed by atoms with Crippen LogP contribution in [0.15, 0.2) is 36.7 Å². The lowest BCUT2D eigenvalue weighted by Gasteiger charge is -2.13. The number of benzene rings is 1. The van der Waals surface area contributed by atoms with Crippen LogP contribution in [0, 0.1) is 0 Å². The maximum atomic E-state index is 11.8. The molecule has 1 aromatic carbocycles. The van der Waals surface area contributed by atoms with Gasteiger partial charge in [0, 0.05) is 31.5 Å². The Morgan fingerprint density at radius 3 is 2.41 bits per heavy atom. The smallest absolute Gasteiger partial charge is 0.271 e. The fourth-order valence-corrected chi connectivity index (χ4v) is 1.99. The summed E-state index contributed by atoms with van der Waals surface area (Å²) in [4.78, 5) is 22.3. The van der Waals surface area contributed by atoms with E-state index < -0.39 is 0 Å². The molecule has 0 spiro atoms. The van der Waals surface area contributed by atoms with Crippen LogP contribution in [0.2, 0.25) is 0 Å². The van der Waals surface area contributed by atoms with Gasteiger partial charge in [-0.25, -0.2) is 9.97 Å². The van der Waals surface area contributed by atoms with E-state index in [2.05, 4.69) is 20.6 Å². The second-order valence-electron chi connectivity index (χ2n) is 5.60. The Balaban J connectivity index is 1.63. The minimum absolute atomic E-state index is 0.156. The number of aromatic nitrogens is 2. The van der Waals surface area contributed by atoms with Crippen LogP contribution in [0.1, 0.15) is 23.3 Å². The van der Waals surface area contributed by atoms with E-state index >= 15 is 0 Å². The molecule has 1 aromatic heterocycles. The zero-order valence-corrected chi connectivity index (χ0v) is 12.7. The maximum absolute atomic E-state index is 11.8. The van der Waals surface area contributed by atoms with Crippen molar-refractivity contribution < 1.29 is 4.79 Å². The van der Waals surface area contributed by atoms with Gasteiger partial charge in [-0.3, -0.25) is 4.79 Å². The summed E-state index contributed by atoms with van der Waals surface area (Å²) >= 11 is 0. The van der Waals surface area contributed by atoms with Crippen LogP contribution in [0.4, 0.5) is 17.2 Å². The van der Waals surface area contributed by atoms with Crippen LogP contribution in [0.25, 0.3) is 0 Å².